The summed E-state index contributed by atoms with van der Waals surface area (Å²) >= 11 is 0. The predicted octanol–water partition coefficient (Wildman–Crippen LogP) is 3.17. The third kappa shape index (κ3) is 4.13. The number of nitrogens with one attached hydrogen (secondary N) is 1. The Kier molecular flexibility index (Phi) is 5.80. The maximum atomic E-state index is 12.5. The van der Waals surface area contributed by atoms with Gasteiger partial charge >= 0.3 is 5.97 Å². The normalized spacial score (nSPS) is 10.7. The molecule has 3 heterocycles. The van der Waals surface area contributed by atoms with Gasteiger partial charge in [0.25, 0.3) is 5.91 Å². The highest BCUT2D eigenvalue weighted by molar-refractivity contribution is 5.96. The van der Waals surface area contributed by atoms with E-state index < -0.39 is 18.5 Å². The van der Waals surface area contributed by atoms with E-state index in [0.29, 0.717) is 22.9 Å². The zero-order valence-electron chi connectivity index (χ0n) is 17.9. The zero-order valence-corrected chi connectivity index (χ0v) is 17.9. The largest absolute Gasteiger partial charge is 0.452 e. The van der Waals surface area contributed by atoms with Gasteiger partial charge in [-0.1, -0.05) is 24.3 Å². The molecule has 32 heavy (non-hydrogen) atoms. The summed E-state index contributed by atoms with van der Waals surface area (Å²) in [5, 5.41) is 11.5. The van der Waals surface area contributed by atoms with Crippen molar-refractivity contribution in [2.75, 3.05) is 11.9 Å². The summed E-state index contributed by atoms with van der Waals surface area (Å²) in [5.74, 6) is -0.497. The highest BCUT2D eigenvalue weighted by Crippen LogP contribution is 2.22. The Morgan fingerprint density at radius 2 is 1.72 bits per heavy atom. The van der Waals surface area contributed by atoms with Gasteiger partial charge < -0.3 is 10.1 Å². The van der Waals surface area contributed by atoms with E-state index in [-0.39, 0.29) is 5.56 Å². The first kappa shape index (κ1) is 21.0. The van der Waals surface area contributed by atoms with Crippen molar-refractivity contribution in [3.8, 4) is 11.5 Å². The highest BCUT2D eigenvalue weighted by Gasteiger charge is 2.20. The molecule has 0 bridgehead atoms. The number of anilines is 1. The Bertz CT molecular complexity index is 1260. The van der Waals surface area contributed by atoms with Gasteiger partial charge in [0.2, 0.25) is 0 Å². The fourth-order valence-corrected chi connectivity index (χ4v) is 3.35. The average molecular weight is 430 g/mol. The summed E-state index contributed by atoms with van der Waals surface area (Å²) in [4.78, 5) is 29.2. The number of ether oxygens (including phenoxy) is 1. The molecule has 1 aromatic carbocycles. The lowest BCUT2D eigenvalue weighted by molar-refractivity contribution is -0.119. The van der Waals surface area contributed by atoms with Crippen LogP contribution in [0.15, 0.2) is 60.9 Å². The summed E-state index contributed by atoms with van der Waals surface area (Å²) in [6.07, 6.45) is 3.05. The fraction of sp³-hybridized carbons (Fsp3) is 0.174. The molecule has 0 unspecified atom stereocenters. The molecule has 0 saturated carbocycles. The van der Waals surface area contributed by atoms with E-state index in [1.54, 1.807) is 34.6 Å². The van der Waals surface area contributed by atoms with Gasteiger partial charge in [0.05, 0.1) is 34.7 Å². The lowest BCUT2D eigenvalue weighted by Gasteiger charge is -2.08. The van der Waals surface area contributed by atoms with Crippen LogP contribution in [0.3, 0.4) is 0 Å². The summed E-state index contributed by atoms with van der Waals surface area (Å²) in [6.45, 7) is 4.99. The number of amides is 1. The van der Waals surface area contributed by atoms with E-state index in [0.717, 1.165) is 11.4 Å². The molecule has 0 atom stereocenters. The molecule has 0 aliphatic carbocycles. The standard InChI is InChI=1S/C23H22N6O3/c1-15-22(17(3)28(27-15)18-9-5-4-6-10-18)26-21(30)14-32-23(31)19-13-25-29(16(19)2)20-11-7-8-12-24-20/h4-13H,14H2,1-3H3,(H,26,30). The van der Waals surface area contributed by atoms with Crippen molar-refractivity contribution in [3.05, 3.63) is 83.6 Å². The number of carbonyl (C=O) groups is 2. The van der Waals surface area contributed by atoms with E-state index in [1.165, 1.54) is 6.20 Å². The Balaban J connectivity index is 1.42. The molecule has 0 fully saturated rings. The van der Waals surface area contributed by atoms with Gasteiger partial charge in [-0.05, 0) is 45.0 Å². The van der Waals surface area contributed by atoms with Crippen molar-refractivity contribution in [1.82, 2.24) is 24.5 Å². The van der Waals surface area contributed by atoms with Crippen LogP contribution < -0.4 is 5.32 Å². The molecule has 1 N–H and O–H groups in total. The van der Waals surface area contributed by atoms with E-state index in [1.807, 2.05) is 50.2 Å². The van der Waals surface area contributed by atoms with Gasteiger partial charge in [0, 0.05) is 6.20 Å². The van der Waals surface area contributed by atoms with Crippen molar-refractivity contribution < 1.29 is 14.3 Å². The molecule has 9 nitrogen and oxygen atoms in total. The number of aromatic nitrogens is 5. The Morgan fingerprint density at radius 1 is 0.969 bits per heavy atom. The van der Waals surface area contributed by atoms with Crippen LogP contribution in [-0.4, -0.2) is 43.0 Å². The van der Waals surface area contributed by atoms with Gasteiger partial charge in [0.1, 0.15) is 5.56 Å². The summed E-state index contributed by atoms with van der Waals surface area (Å²) in [5.41, 5.74) is 3.77. The molecule has 0 spiro atoms. The maximum Gasteiger partial charge on any atom is 0.342 e. The monoisotopic (exact) mass is 430 g/mol. The van der Waals surface area contributed by atoms with Crippen LogP contribution in [0.5, 0.6) is 0 Å². The van der Waals surface area contributed by atoms with Crippen LogP contribution in [0, 0.1) is 20.8 Å². The summed E-state index contributed by atoms with van der Waals surface area (Å²) in [7, 11) is 0. The number of carbonyl (C=O) groups excluding carboxylic acids is 2. The van der Waals surface area contributed by atoms with E-state index >= 15 is 0 Å². The number of nitrogens with zero attached hydrogens (tertiary/aromatic N) is 5. The van der Waals surface area contributed by atoms with Gasteiger partial charge in [-0.15, -0.1) is 0 Å². The number of esters is 1. The number of rotatable bonds is 6. The second-order valence-electron chi connectivity index (χ2n) is 7.16. The van der Waals surface area contributed by atoms with Gasteiger partial charge in [0.15, 0.2) is 12.4 Å². The van der Waals surface area contributed by atoms with Gasteiger partial charge in [-0.3, -0.25) is 4.79 Å². The van der Waals surface area contributed by atoms with Gasteiger partial charge in [-0.25, -0.2) is 19.1 Å². The highest BCUT2D eigenvalue weighted by atomic mass is 16.5. The van der Waals surface area contributed by atoms with Crippen molar-refractivity contribution in [2.45, 2.75) is 20.8 Å². The smallest absolute Gasteiger partial charge is 0.342 e. The number of hydrogen-bond acceptors (Lipinski definition) is 6. The van der Waals surface area contributed by atoms with Gasteiger partial charge in [-0.2, -0.15) is 10.2 Å². The molecule has 9 heteroatoms. The molecule has 1 amide bonds. The second-order valence-corrected chi connectivity index (χ2v) is 7.16. The predicted molar refractivity (Wildman–Crippen MR) is 118 cm³/mol. The molecule has 0 aliphatic rings. The van der Waals surface area contributed by atoms with E-state index in [4.69, 9.17) is 4.74 Å². The molecular formula is C23H22N6O3. The average Bonchev–Trinajstić information content (AvgIpc) is 3.33. The SMILES string of the molecule is Cc1nn(-c2ccccc2)c(C)c1NC(=O)COC(=O)c1cnn(-c2ccccn2)c1C. The Hall–Kier alpha value is -4.27. The quantitative estimate of drug-likeness (QED) is 0.471. The number of hydrogen-bond donors (Lipinski definition) is 1. The molecule has 4 aromatic rings. The topological polar surface area (TPSA) is 104 Å². The van der Waals surface area contributed by atoms with Crippen LogP contribution in [0.1, 0.15) is 27.4 Å². The van der Waals surface area contributed by atoms with Crippen LogP contribution in [0.4, 0.5) is 5.69 Å². The first-order valence-electron chi connectivity index (χ1n) is 10.0. The van der Waals surface area contributed by atoms with Crippen molar-refractivity contribution in [2.24, 2.45) is 0 Å². The van der Waals surface area contributed by atoms with Crippen LogP contribution in [-0.2, 0) is 9.53 Å². The molecule has 0 radical (unpaired) electrons. The Labute approximate surface area is 184 Å². The molecule has 0 saturated heterocycles. The minimum Gasteiger partial charge on any atom is -0.452 e. The minimum absolute atomic E-state index is 0.271. The van der Waals surface area contributed by atoms with Crippen LogP contribution in [0.25, 0.3) is 11.5 Å². The molecule has 0 aliphatic heterocycles. The van der Waals surface area contributed by atoms with Crippen molar-refractivity contribution >= 4 is 17.6 Å². The molecule has 3 aromatic heterocycles. The lowest BCUT2D eigenvalue weighted by Crippen LogP contribution is -2.21. The summed E-state index contributed by atoms with van der Waals surface area (Å²) < 4.78 is 8.51. The lowest BCUT2D eigenvalue weighted by atomic mass is 10.2. The van der Waals surface area contributed by atoms with Crippen LogP contribution in [0.2, 0.25) is 0 Å². The van der Waals surface area contributed by atoms with Crippen LogP contribution >= 0.6 is 0 Å². The number of aryl methyl sites for hydroxylation is 1. The van der Waals surface area contributed by atoms with E-state index in [2.05, 4.69) is 20.5 Å². The molecule has 162 valence electrons. The third-order valence-electron chi connectivity index (χ3n) is 4.99. The van der Waals surface area contributed by atoms with Crippen molar-refractivity contribution in [1.29, 1.82) is 0 Å². The number of pyridine rings is 1. The fourth-order valence-electron chi connectivity index (χ4n) is 3.35. The molecular weight excluding hydrogens is 408 g/mol. The first-order valence-corrected chi connectivity index (χ1v) is 10.0. The third-order valence-corrected chi connectivity index (χ3v) is 4.99. The summed E-state index contributed by atoms with van der Waals surface area (Å²) in [6, 6.07) is 15.0. The molecule has 4 rings (SSSR count). The Morgan fingerprint density at radius 3 is 2.44 bits per heavy atom. The van der Waals surface area contributed by atoms with E-state index in [9.17, 15) is 9.59 Å². The zero-order chi connectivity index (χ0) is 22.7. The maximum absolute atomic E-state index is 12.5. The number of para-hydroxylation sites is 1. The second kappa shape index (κ2) is 8.84. The number of benzene rings is 1. The van der Waals surface area contributed by atoms with Crippen molar-refractivity contribution in [3.63, 3.8) is 0 Å². The first-order chi connectivity index (χ1) is 15.5. The minimum atomic E-state index is -0.631.